The van der Waals surface area contributed by atoms with Gasteiger partial charge in [0.25, 0.3) is 5.60 Å². The van der Waals surface area contributed by atoms with Crippen molar-refractivity contribution in [2.75, 3.05) is 0 Å². The summed E-state index contributed by atoms with van der Waals surface area (Å²) in [5, 5.41) is 17.6. The van der Waals surface area contributed by atoms with Gasteiger partial charge in [0.05, 0.1) is 0 Å². The number of hydrogen-bond donors (Lipinski definition) is 0. The molecule has 1 aliphatic carbocycles. The van der Waals surface area contributed by atoms with Crippen molar-refractivity contribution in [1.29, 1.82) is 10.5 Å². The fourth-order valence-corrected chi connectivity index (χ4v) is 2.12. The van der Waals surface area contributed by atoms with Gasteiger partial charge < -0.3 is 4.74 Å². The van der Waals surface area contributed by atoms with E-state index in [0.29, 0.717) is 0 Å². The molecule has 0 atom stereocenters. The topological polar surface area (TPSA) is 60.1 Å². The van der Waals surface area contributed by atoms with Crippen LogP contribution < -0.4 is 0 Å². The monoisotopic (exact) mass is 162 g/mol. The van der Waals surface area contributed by atoms with E-state index in [2.05, 4.69) is 0 Å². The SMILES string of the molecule is N#CC1(C#N)OC12CCCCC2. The van der Waals surface area contributed by atoms with Gasteiger partial charge in [0.15, 0.2) is 0 Å². The lowest BCUT2D eigenvalue weighted by atomic mass is 9.81. The van der Waals surface area contributed by atoms with Crippen LogP contribution in [-0.4, -0.2) is 11.2 Å². The molecule has 2 fully saturated rings. The Hall–Kier alpha value is -1.06. The van der Waals surface area contributed by atoms with Crippen LogP contribution in [0.1, 0.15) is 32.1 Å². The second-order valence-corrected chi connectivity index (χ2v) is 3.56. The molecular weight excluding hydrogens is 152 g/mol. The highest BCUT2D eigenvalue weighted by molar-refractivity contribution is 5.37. The Morgan fingerprint density at radius 1 is 1.00 bits per heavy atom. The molecule has 1 aliphatic heterocycles. The van der Waals surface area contributed by atoms with E-state index < -0.39 is 5.60 Å². The van der Waals surface area contributed by atoms with Gasteiger partial charge >= 0.3 is 0 Å². The Morgan fingerprint density at radius 2 is 1.58 bits per heavy atom. The fourth-order valence-electron chi connectivity index (χ4n) is 2.12. The lowest BCUT2D eigenvalue weighted by Crippen LogP contribution is -2.25. The van der Waals surface area contributed by atoms with Crippen molar-refractivity contribution in [3.8, 4) is 12.1 Å². The number of nitrogens with zero attached hydrogens (tertiary/aromatic N) is 2. The quantitative estimate of drug-likeness (QED) is 0.507. The first kappa shape index (κ1) is 7.58. The number of rotatable bonds is 0. The van der Waals surface area contributed by atoms with Crippen LogP contribution in [0.15, 0.2) is 0 Å². The van der Waals surface area contributed by atoms with Crippen LogP contribution in [0.2, 0.25) is 0 Å². The van der Waals surface area contributed by atoms with Crippen LogP contribution in [0.25, 0.3) is 0 Å². The number of epoxide rings is 1. The third-order valence-electron chi connectivity index (χ3n) is 2.92. The third kappa shape index (κ3) is 0.722. The van der Waals surface area contributed by atoms with E-state index in [0.717, 1.165) is 25.7 Å². The first-order valence-corrected chi connectivity index (χ1v) is 4.31. The van der Waals surface area contributed by atoms with E-state index in [1.807, 2.05) is 12.1 Å². The lowest BCUT2D eigenvalue weighted by molar-refractivity contribution is 0.232. The number of ether oxygens (including phenoxy) is 1. The number of hydrogen-bond acceptors (Lipinski definition) is 3. The molecule has 1 saturated carbocycles. The van der Waals surface area contributed by atoms with Gasteiger partial charge in [-0.2, -0.15) is 10.5 Å². The molecule has 3 heteroatoms. The highest BCUT2D eigenvalue weighted by atomic mass is 16.6. The maximum absolute atomic E-state index is 8.78. The molecule has 1 heterocycles. The predicted octanol–water partition coefficient (Wildman–Crippen LogP) is 1.51. The minimum absolute atomic E-state index is 0.380. The van der Waals surface area contributed by atoms with Crippen molar-refractivity contribution < 1.29 is 4.74 Å². The van der Waals surface area contributed by atoms with Gasteiger partial charge in [-0.3, -0.25) is 0 Å². The number of nitriles is 2. The highest BCUT2D eigenvalue weighted by Crippen LogP contribution is 2.55. The molecule has 0 bridgehead atoms. The van der Waals surface area contributed by atoms with E-state index in [-0.39, 0.29) is 5.60 Å². The van der Waals surface area contributed by atoms with E-state index in [1.165, 1.54) is 6.42 Å². The van der Waals surface area contributed by atoms with Gasteiger partial charge in [-0.05, 0) is 12.8 Å². The Balaban J connectivity index is 2.19. The molecule has 0 aromatic carbocycles. The Kier molecular flexibility index (Phi) is 1.40. The second-order valence-electron chi connectivity index (χ2n) is 3.56. The molecule has 1 spiro atoms. The molecule has 2 rings (SSSR count). The predicted molar refractivity (Wildman–Crippen MR) is 40.9 cm³/mol. The molecule has 0 aromatic rings. The summed E-state index contributed by atoms with van der Waals surface area (Å²) in [6.45, 7) is 0. The molecule has 2 aliphatic rings. The normalized spacial score (nSPS) is 28.8. The second kappa shape index (κ2) is 2.21. The molecule has 0 unspecified atom stereocenters. The van der Waals surface area contributed by atoms with Crippen LogP contribution in [0.3, 0.4) is 0 Å². The van der Waals surface area contributed by atoms with Gasteiger partial charge in [-0.15, -0.1) is 0 Å². The van der Waals surface area contributed by atoms with Gasteiger partial charge in [0.1, 0.15) is 17.7 Å². The van der Waals surface area contributed by atoms with Crippen LogP contribution in [-0.2, 0) is 4.74 Å². The van der Waals surface area contributed by atoms with Crippen molar-refractivity contribution in [1.82, 2.24) is 0 Å². The first-order valence-electron chi connectivity index (χ1n) is 4.31. The van der Waals surface area contributed by atoms with Crippen molar-refractivity contribution in [3.05, 3.63) is 0 Å². The summed E-state index contributed by atoms with van der Waals surface area (Å²) in [6, 6.07) is 3.96. The van der Waals surface area contributed by atoms with Crippen LogP contribution >= 0.6 is 0 Å². The highest BCUT2D eigenvalue weighted by Gasteiger charge is 2.71. The van der Waals surface area contributed by atoms with Gasteiger partial charge in [0.2, 0.25) is 0 Å². The molecule has 1 saturated heterocycles. The maximum Gasteiger partial charge on any atom is 0.271 e. The van der Waals surface area contributed by atoms with Crippen LogP contribution in [0.5, 0.6) is 0 Å². The van der Waals surface area contributed by atoms with Crippen LogP contribution in [0.4, 0.5) is 0 Å². The smallest absolute Gasteiger partial charge is 0.271 e. The lowest BCUT2D eigenvalue weighted by Gasteiger charge is -2.17. The zero-order chi connectivity index (χ0) is 8.66. The maximum atomic E-state index is 8.78. The Labute approximate surface area is 71.5 Å². The largest absolute Gasteiger partial charge is 0.334 e. The van der Waals surface area contributed by atoms with Crippen molar-refractivity contribution in [3.63, 3.8) is 0 Å². The Bertz CT molecular complexity index is 264. The summed E-state index contributed by atoms with van der Waals surface area (Å²) in [7, 11) is 0. The molecule has 0 N–H and O–H groups in total. The van der Waals surface area contributed by atoms with Gasteiger partial charge in [0, 0.05) is 0 Å². The fraction of sp³-hybridized carbons (Fsp3) is 0.778. The first-order chi connectivity index (χ1) is 5.79. The van der Waals surface area contributed by atoms with E-state index in [4.69, 9.17) is 15.3 Å². The van der Waals surface area contributed by atoms with Crippen LogP contribution in [0, 0.1) is 22.7 Å². The average molecular weight is 162 g/mol. The summed E-state index contributed by atoms with van der Waals surface area (Å²) in [5.74, 6) is 0. The molecule has 62 valence electrons. The zero-order valence-electron chi connectivity index (χ0n) is 6.84. The standard InChI is InChI=1S/C9H10N2O/c10-6-9(7-11)8(12-9)4-2-1-3-5-8/h1-5H2. The summed E-state index contributed by atoms with van der Waals surface area (Å²) in [6.07, 6.45) is 5.15. The van der Waals surface area contributed by atoms with Crippen molar-refractivity contribution in [2.24, 2.45) is 0 Å². The summed E-state index contributed by atoms with van der Waals surface area (Å²) in [4.78, 5) is 0. The Morgan fingerprint density at radius 3 is 2.00 bits per heavy atom. The van der Waals surface area contributed by atoms with Gasteiger partial charge in [-0.25, -0.2) is 0 Å². The minimum Gasteiger partial charge on any atom is -0.334 e. The van der Waals surface area contributed by atoms with E-state index in [9.17, 15) is 0 Å². The molecule has 0 amide bonds. The summed E-state index contributed by atoms with van der Waals surface area (Å²) in [5.41, 5.74) is -1.47. The third-order valence-corrected chi connectivity index (χ3v) is 2.92. The van der Waals surface area contributed by atoms with E-state index >= 15 is 0 Å². The van der Waals surface area contributed by atoms with Crippen molar-refractivity contribution >= 4 is 0 Å². The molecule has 3 nitrogen and oxygen atoms in total. The minimum atomic E-state index is -1.09. The average Bonchev–Trinajstić information content (AvgIpc) is 2.75. The van der Waals surface area contributed by atoms with E-state index in [1.54, 1.807) is 0 Å². The molecule has 0 radical (unpaired) electrons. The van der Waals surface area contributed by atoms with Crippen molar-refractivity contribution in [2.45, 2.75) is 43.3 Å². The van der Waals surface area contributed by atoms with Gasteiger partial charge in [-0.1, -0.05) is 19.3 Å². The summed E-state index contributed by atoms with van der Waals surface area (Å²) < 4.78 is 5.31. The molecular formula is C9H10N2O. The molecule has 0 aromatic heterocycles. The summed E-state index contributed by atoms with van der Waals surface area (Å²) >= 11 is 0. The molecule has 12 heavy (non-hydrogen) atoms. The zero-order valence-corrected chi connectivity index (χ0v) is 6.84.